The Morgan fingerprint density at radius 2 is 2.14 bits per heavy atom. The highest BCUT2D eigenvalue weighted by atomic mass is 16.5. The van der Waals surface area contributed by atoms with Crippen LogP contribution >= 0.6 is 0 Å². The normalized spacial score (nSPS) is 10.7. The van der Waals surface area contributed by atoms with Crippen LogP contribution in [0.4, 0.5) is 0 Å². The van der Waals surface area contributed by atoms with Gasteiger partial charge < -0.3 is 14.8 Å². The highest BCUT2D eigenvalue weighted by Gasteiger charge is 2.17. The van der Waals surface area contributed by atoms with Crippen molar-refractivity contribution < 1.29 is 19.1 Å². The molecular weight excluding hydrogens is 274 g/mol. The van der Waals surface area contributed by atoms with Gasteiger partial charge in [0.15, 0.2) is 5.69 Å². The van der Waals surface area contributed by atoms with E-state index in [2.05, 4.69) is 10.4 Å². The minimum atomic E-state index is -0.489. The van der Waals surface area contributed by atoms with Crippen LogP contribution in [0.15, 0.2) is 6.07 Å². The van der Waals surface area contributed by atoms with Gasteiger partial charge in [-0.3, -0.25) is 9.48 Å². The molecule has 0 saturated heterocycles. The maximum Gasteiger partial charge on any atom is 0.356 e. The van der Waals surface area contributed by atoms with Crippen molar-refractivity contribution in [2.45, 2.75) is 33.3 Å². The fraction of sp³-hybridized carbons (Fsp3) is 0.643. The van der Waals surface area contributed by atoms with Gasteiger partial charge in [-0.25, -0.2) is 4.79 Å². The van der Waals surface area contributed by atoms with Gasteiger partial charge in [0.05, 0.1) is 12.7 Å². The Balaban J connectivity index is 2.48. The number of hydrogen-bond acceptors (Lipinski definition) is 5. The molecule has 0 fully saturated rings. The van der Waals surface area contributed by atoms with Crippen molar-refractivity contribution in [2.75, 3.05) is 19.8 Å². The standard InChI is InChI=1S/C14H23N3O4/c1-5-20-14(19)12-9-11(16-17(12)4)13(18)15-7-6-8-21-10(2)3/h9-10H,5-8H2,1-4H3,(H,15,18). The fourth-order valence-corrected chi connectivity index (χ4v) is 1.66. The van der Waals surface area contributed by atoms with Crippen LogP contribution in [0.3, 0.4) is 0 Å². The number of ether oxygens (including phenoxy) is 2. The summed E-state index contributed by atoms with van der Waals surface area (Å²) in [7, 11) is 1.60. The second-order valence-corrected chi connectivity index (χ2v) is 4.79. The lowest BCUT2D eigenvalue weighted by atomic mass is 10.3. The van der Waals surface area contributed by atoms with Crippen LogP contribution in [-0.2, 0) is 16.5 Å². The largest absolute Gasteiger partial charge is 0.461 e. The number of amides is 1. The molecule has 1 heterocycles. The van der Waals surface area contributed by atoms with E-state index in [0.717, 1.165) is 6.42 Å². The van der Waals surface area contributed by atoms with Crippen LogP contribution in [0.1, 0.15) is 48.2 Å². The summed E-state index contributed by atoms with van der Waals surface area (Å²) in [5, 5.41) is 6.75. The first-order valence-electron chi connectivity index (χ1n) is 7.06. The van der Waals surface area contributed by atoms with Gasteiger partial charge >= 0.3 is 5.97 Å². The van der Waals surface area contributed by atoms with E-state index >= 15 is 0 Å². The molecule has 1 aromatic heterocycles. The number of nitrogens with zero attached hydrogens (tertiary/aromatic N) is 2. The number of carbonyl (C=O) groups excluding carboxylic acids is 2. The Morgan fingerprint density at radius 1 is 1.43 bits per heavy atom. The summed E-state index contributed by atoms with van der Waals surface area (Å²) in [4.78, 5) is 23.5. The monoisotopic (exact) mass is 297 g/mol. The van der Waals surface area contributed by atoms with E-state index in [0.29, 0.717) is 13.2 Å². The van der Waals surface area contributed by atoms with Crippen LogP contribution in [-0.4, -0.2) is 47.5 Å². The van der Waals surface area contributed by atoms with Crippen LogP contribution in [0.2, 0.25) is 0 Å². The molecule has 0 aliphatic rings. The number of hydrogen-bond donors (Lipinski definition) is 1. The first-order chi connectivity index (χ1) is 9.95. The molecule has 0 spiro atoms. The molecule has 1 aromatic rings. The quantitative estimate of drug-likeness (QED) is 0.575. The summed E-state index contributed by atoms with van der Waals surface area (Å²) in [6, 6.07) is 1.43. The Kier molecular flexibility index (Phi) is 6.87. The van der Waals surface area contributed by atoms with E-state index in [1.165, 1.54) is 10.7 Å². The molecule has 7 heteroatoms. The van der Waals surface area contributed by atoms with Crippen LogP contribution in [0.5, 0.6) is 0 Å². The van der Waals surface area contributed by atoms with Crippen LogP contribution < -0.4 is 5.32 Å². The number of rotatable bonds is 8. The van der Waals surface area contributed by atoms with E-state index in [9.17, 15) is 9.59 Å². The molecule has 0 bridgehead atoms. The van der Waals surface area contributed by atoms with Crippen molar-refractivity contribution in [1.29, 1.82) is 0 Å². The average molecular weight is 297 g/mol. The summed E-state index contributed by atoms with van der Waals surface area (Å²) in [6.07, 6.45) is 0.908. The van der Waals surface area contributed by atoms with Gasteiger partial charge in [0.1, 0.15) is 5.69 Å². The van der Waals surface area contributed by atoms with Crippen LogP contribution in [0.25, 0.3) is 0 Å². The maximum absolute atomic E-state index is 11.9. The third-order valence-electron chi connectivity index (χ3n) is 2.65. The first-order valence-corrected chi connectivity index (χ1v) is 7.06. The van der Waals surface area contributed by atoms with Gasteiger partial charge in [0.2, 0.25) is 0 Å². The minimum absolute atomic E-state index is 0.184. The van der Waals surface area contributed by atoms with Gasteiger partial charge in [-0.2, -0.15) is 5.10 Å². The molecule has 0 aromatic carbocycles. The molecule has 1 rings (SSSR count). The van der Waals surface area contributed by atoms with Crippen molar-refractivity contribution >= 4 is 11.9 Å². The summed E-state index contributed by atoms with van der Waals surface area (Å²) in [6.45, 7) is 7.01. The zero-order valence-corrected chi connectivity index (χ0v) is 13.0. The van der Waals surface area contributed by atoms with Gasteiger partial charge in [-0.1, -0.05) is 0 Å². The van der Waals surface area contributed by atoms with Crippen molar-refractivity contribution in [3.8, 4) is 0 Å². The molecule has 0 aliphatic heterocycles. The molecular formula is C14H23N3O4. The lowest BCUT2D eigenvalue weighted by molar-refractivity contribution is 0.0513. The molecule has 1 amide bonds. The topological polar surface area (TPSA) is 82.5 Å². The van der Waals surface area contributed by atoms with E-state index in [1.54, 1.807) is 14.0 Å². The average Bonchev–Trinajstić information content (AvgIpc) is 2.80. The molecule has 21 heavy (non-hydrogen) atoms. The lowest BCUT2D eigenvalue weighted by Gasteiger charge is -2.07. The lowest BCUT2D eigenvalue weighted by Crippen LogP contribution is -2.26. The van der Waals surface area contributed by atoms with Crippen molar-refractivity contribution in [2.24, 2.45) is 7.05 Å². The van der Waals surface area contributed by atoms with Gasteiger partial charge in [-0.05, 0) is 27.2 Å². The smallest absolute Gasteiger partial charge is 0.356 e. The molecule has 118 valence electrons. The van der Waals surface area contributed by atoms with Crippen molar-refractivity contribution in [1.82, 2.24) is 15.1 Å². The third-order valence-corrected chi connectivity index (χ3v) is 2.65. The van der Waals surface area contributed by atoms with Gasteiger partial charge in [-0.15, -0.1) is 0 Å². The predicted octanol–water partition coefficient (Wildman–Crippen LogP) is 1.14. The second kappa shape index (κ2) is 8.41. The SMILES string of the molecule is CCOC(=O)c1cc(C(=O)NCCCOC(C)C)nn1C. The van der Waals surface area contributed by atoms with Gasteiger partial charge in [0.25, 0.3) is 5.91 Å². The van der Waals surface area contributed by atoms with Gasteiger partial charge in [0, 0.05) is 26.3 Å². The second-order valence-electron chi connectivity index (χ2n) is 4.79. The fourth-order valence-electron chi connectivity index (χ4n) is 1.66. The molecule has 1 N–H and O–H groups in total. The summed E-state index contributed by atoms with van der Waals surface area (Å²) in [5.41, 5.74) is 0.454. The highest BCUT2D eigenvalue weighted by Crippen LogP contribution is 2.05. The Bertz CT molecular complexity index is 483. The predicted molar refractivity (Wildman–Crippen MR) is 77.2 cm³/mol. The summed E-state index contributed by atoms with van der Waals surface area (Å²) < 4.78 is 11.6. The highest BCUT2D eigenvalue weighted by molar-refractivity contribution is 5.95. The summed E-state index contributed by atoms with van der Waals surface area (Å²) >= 11 is 0. The molecule has 0 unspecified atom stereocenters. The van der Waals surface area contributed by atoms with E-state index < -0.39 is 5.97 Å². The number of nitrogens with one attached hydrogen (secondary N) is 1. The number of carbonyl (C=O) groups is 2. The van der Waals surface area contributed by atoms with Crippen molar-refractivity contribution in [3.05, 3.63) is 17.5 Å². The number of aryl methyl sites for hydroxylation is 1. The minimum Gasteiger partial charge on any atom is -0.461 e. The Morgan fingerprint density at radius 3 is 2.76 bits per heavy atom. The van der Waals surface area contributed by atoms with Crippen molar-refractivity contribution in [3.63, 3.8) is 0 Å². The zero-order chi connectivity index (χ0) is 15.8. The zero-order valence-electron chi connectivity index (χ0n) is 13.0. The number of esters is 1. The van der Waals surface area contributed by atoms with Crippen LogP contribution in [0, 0.1) is 0 Å². The Hall–Kier alpha value is -1.89. The summed E-state index contributed by atoms with van der Waals surface area (Å²) in [5.74, 6) is -0.803. The first kappa shape index (κ1) is 17.2. The maximum atomic E-state index is 11.9. The van der Waals surface area contributed by atoms with E-state index in [4.69, 9.17) is 9.47 Å². The molecule has 0 atom stereocenters. The molecule has 0 radical (unpaired) electrons. The molecule has 0 aliphatic carbocycles. The number of aromatic nitrogens is 2. The van der Waals surface area contributed by atoms with E-state index in [-0.39, 0.29) is 30.0 Å². The Labute approximate surface area is 124 Å². The molecule has 0 saturated carbocycles. The molecule has 7 nitrogen and oxygen atoms in total. The van der Waals surface area contributed by atoms with E-state index in [1.807, 2.05) is 13.8 Å². The third kappa shape index (κ3) is 5.55.